The van der Waals surface area contributed by atoms with Crippen molar-refractivity contribution < 1.29 is 118 Å². The van der Waals surface area contributed by atoms with Gasteiger partial charge in [-0.1, -0.05) is 81.4 Å². The predicted molar refractivity (Wildman–Crippen MR) is 377 cm³/mol. The van der Waals surface area contributed by atoms with Gasteiger partial charge in [0.15, 0.2) is 29.9 Å². The van der Waals surface area contributed by atoms with Crippen LogP contribution in [0.2, 0.25) is 10.0 Å². The number of ether oxygens (including phenoxy) is 6. The molecule has 2 fully saturated rings. The van der Waals surface area contributed by atoms with Gasteiger partial charge < -0.3 is 123 Å². The number of aliphatic imine (C=N–C) groups is 1. The number of hydrogen-bond acceptors (Lipinski definition) is 25. The number of halogens is 2. The number of carbonyl (C=O) groups is 8. The Hall–Kier alpha value is -9.49. The van der Waals surface area contributed by atoms with Gasteiger partial charge in [-0.2, -0.15) is 0 Å². The maximum Gasteiger partial charge on any atom is 0.330 e. The topological polar surface area (TPSA) is 531 Å². The lowest BCUT2D eigenvalue weighted by Gasteiger charge is -2.47. The lowest BCUT2D eigenvalue weighted by atomic mass is 9.86. The van der Waals surface area contributed by atoms with Crippen molar-refractivity contribution >= 4 is 76.7 Å². The number of phenols is 3. The number of rotatable bonds is 18. The van der Waals surface area contributed by atoms with Gasteiger partial charge in [-0.15, -0.1) is 0 Å². The molecule has 12 rings (SSSR count). The smallest absolute Gasteiger partial charge is 0.330 e. The van der Waals surface area contributed by atoms with Gasteiger partial charge in [-0.05, 0) is 122 Å². The molecule has 107 heavy (non-hydrogen) atoms. The van der Waals surface area contributed by atoms with Crippen LogP contribution >= 0.6 is 23.2 Å². The highest BCUT2D eigenvalue weighted by Gasteiger charge is 2.52. The summed E-state index contributed by atoms with van der Waals surface area (Å²) in [4.78, 5) is 123. The van der Waals surface area contributed by atoms with Crippen LogP contribution in [-0.4, -0.2) is 190 Å². The van der Waals surface area contributed by atoms with Crippen LogP contribution in [0.1, 0.15) is 144 Å². The number of aliphatic hydroxyl groups excluding tert-OH is 6. The van der Waals surface area contributed by atoms with E-state index in [9.17, 15) is 70.2 Å². The number of aliphatic carboxylic acids is 1. The van der Waals surface area contributed by atoms with Crippen LogP contribution in [0.4, 0.5) is 0 Å². The fraction of sp³-hybridized carbons (Fsp3) is 0.458. The normalized spacial score (nSPS) is 28.5. The van der Waals surface area contributed by atoms with Crippen molar-refractivity contribution in [2.45, 2.75) is 195 Å². The standard InChI is InChI=1S/C72H85Cl2N9O24/c1-6-7-8-9-10-17-77-40(18-29(2)3)64(94)82-55-57(89)32-12-15-44(38(73)20-32)103-46-22-34-23-47(61(46)107-71-62(60(92)59(91)48(28-84)105-71)106-50-27-72(5,76)63(93)30(4)102-50)104-45-16-13-33(21-39(45)74)58(90)56-69(99)81-54(70(100)101)37-24-35(85)25-43(87)51(37)36-19-31(11-14-42(36)86)52(66(96)83-56)80-67(97)53(34)79-65(95)41(26-49(75)88)78-68(55)98/h11-17,19-25,29-30,40-41,48,50,52-60,62-63,71,84-87,89-93H,6-10,18,26-28,76H2,1-5H3,(H2,75,88)(H,78,98)(H,79,95)(H,80,97)(H,81,99)(H,82,94)(H,83,96)(H,100,101)/t30-,40+,41-,48+,50-,52+,53-,54-,55+,56-,57+,58+,59+,60-,62+,63+,71-,72-/m0/s1. The van der Waals surface area contributed by atoms with E-state index in [2.05, 4.69) is 36.9 Å². The molecular formula is C72H85Cl2N9O24. The third-order valence-corrected chi connectivity index (χ3v) is 19.5. The summed E-state index contributed by atoms with van der Waals surface area (Å²) in [6.45, 7) is 7.74. The van der Waals surface area contributed by atoms with E-state index in [1.165, 1.54) is 26.0 Å². The number of carboxylic acids is 1. The van der Waals surface area contributed by atoms with Gasteiger partial charge in [0.1, 0.15) is 95.5 Å². The van der Waals surface area contributed by atoms with E-state index in [0.717, 1.165) is 92.4 Å². The highest BCUT2D eigenvalue weighted by atomic mass is 35.5. The second-order valence-electron chi connectivity index (χ2n) is 27.6. The Balaban J connectivity index is 1.22. The minimum atomic E-state index is -2.36. The monoisotopic (exact) mass is 1530 g/mol. The quantitative estimate of drug-likeness (QED) is 0.0443. The van der Waals surface area contributed by atoms with Crippen molar-refractivity contribution in [3.63, 3.8) is 0 Å². The number of carbonyl (C=O) groups excluding carboxylic acids is 7. The second-order valence-corrected chi connectivity index (χ2v) is 28.4. The fourth-order valence-corrected chi connectivity index (χ4v) is 13.7. The van der Waals surface area contributed by atoms with Gasteiger partial charge in [0.2, 0.25) is 53.4 Å². The SMILES string of the molecule is CCCCCCC=N[C@H](CC(C)C)C(=O)N[C@H]1C(=O)N[C@@H](CC(N)=O)C(=O)N[C@@H]2C(=O)N[C@H]3C(=O)N[C@H](C(=O)N[C@H](C(=O)O)c4cc(O)cc(O)c4-c4cc3ccc4O)[C@H](O)c3ccc(c(Cl)c3)Oc3cc2cc(c3O[C@@H]2O[C@H](CO)[C@@H](O)[C@H](O)[C@H]2O[C@H]2C[C@](C)(N)[C@H](O)[C@H](C)O2)Oc2ccc(cc2Cl)[C@H]1O. The van der Waals surface area contributed by atoms with Gasteiger partial charge in [0.25, 0.3) is 0 Å². The third kappa shape index (κ3) is 18.1. The van der Waals surface area contributed by atoms with Gasteiger partial charge in [0, 0.05) is 34.7 Å². The summed E-state index contributed by atoms with van der Waals surface area (Å²) in [7, 11) is 0. The van der Waals surface area contributed by atoms with Gasteiger partial charge in [-0.25, -0.2) is 4.79 Å². The lowest BCUT2D eigenvalue weighted by Crippen LogP contribution is -2.64. The van der Waals surface area contributed by atoms with E-state index in [1.54, 1.807) is 6.21 Å². The van der Waals surface area contributed by atoms with Crippen LogP contribution < -0.4 is 57.6 Å². The number of nitrogens with one attached hydrogen (secondary N) is 6. The van der Waals surface area contributed by atoms with Gasteiger partial charge in [-0.3, -0.25) is 38.6 Å². The van der Waals surface area contributed by atoms with Gasteiger partial charge in [0.05, 0.1) is 35.3 Å². The molecule has 0 aliphatic carbocycles. The molecule has 35 heteroatoms. The summed E-state index contributed by atoms with van der Waals surface area (Å²) in [6.07, 6.45) is -13.0. The lowest BCUT2D eigenvalue weighted by molar-refractivity contribution is -0.333. The molecule has 0 radical (unpaired) electrons. The number of hydrogen-bond donors (Lipinski definition) is 18. The van der Waals surface area contributed by atoms with Crippen molar-refractivity contribution in [2.75, 3.05) is 6.61 Å². The molecule has 0 aromatic heterocycles. The molecule has 7 aliphatic rings. The Bertz CT molecular complexity index is 4240. The predicted octanol–water partition coefficient (Wildman–Crippen LogP) is 2.93. The molecular weight excluding hydrogens is 1450 g/mol. The summed E-state index contributed by atoms with van der Waals surface area (Å²) >= 11 is 14.2. The number of unbranched alkanes of at least 4 members (excludes halogenated alkanes) is 4. The summed E-state index contributed by atoms with van der Waals surface area (Å²) in [5, 5.41) is 128. The molecule has 576 valence electrons. The molecule has 20 N–H and O–H groups in total. The van der Waals surface area contributed by atoms with E-state index >= 15 is 19.2 Å². The van der Waals surface area contributed by atoms with E-state index < -0.39 is 237 Å². The van der Waals surface area contributed by atoms with Gasteiger partial charge >= 0.3 is 5.97 Å². The number of nitrogens with zero attached hydrogens (tertiary/aromatic N) is 1. The maximum absolute atomic E-state index is 16.1. The zero-order valence-corrected chi connectivity index (χ0v) is 59.9. The minimum Gasteiger partial charge on any atom is -0.508 e. The first-order chi connectivity index (χ1) is 50.7. The third-order valence-electron chi connectivity index (χ3n) is 18.9. The second kappa shape index (κ2) is 33.7. The molecule has 7 heterocycles. The number of nitrogens with two attached hydrogens (primary N) is 2. The molecule has 5 aromatic rings. The average Bonchev–Trinajstić information content (AvgIpc) is 0.767. The number of aliphatic hydroxyl groups is 6. The van der Waals surface area contributed by atoms with Crippen LogP contribution in [0.15, 0.2) is 83.9 Å². The largest absolute Gasteiger partial charge is 0.508 e. The summed E-state index contributed by atoms with van der Waals surface area (Å²) in [6, 6.07) is -0.845. The van der Waals surface area contributed by atoms with Crippen LogP contribution in [0.3, 0.4) is 0 Å². The molecule has 7 aliphatic heterocycles. The first-order valence-corrected chi connectivity index (χ1v) is 35.2. The zero-order chi connectivity index (χ0) is 77.8. The highest BCUT2D eigenvalue weighted by molar-refractivity contribution is 6.32. The molecule has 0 spiro atoms. The van der Waals surface area contributed by atoms with Crippen LogP contribution in [0.5, 0.6) is 46.0 Å². The Morgan fingerprint density at radius 2 is 1.36 bits per heavy atom. The van der Waals surface area contributed by atoms with E-state index in [1.807, 2.05) is 20.8 Å². The van der Waals surface area contributed by atoms with Crippen molar-refractivity contribution in [3.8, 4) is 57.1 Å². The molecule has 7 amide bonds. The fourth-order valence-electron chi connectivity index (χ4n) is 13.2. The summed E-state index contributed by atoms with van der Waals surface area (Å²) < 4.78 is 38.5. The Morgan fingerprint density at radius 3 is 1.96 bits per heavy atom. The van der Waals surface area contributed by atoms with E-state index in [-0.39, 0.29) is 46.2 Å². The molecule has 11 bridgehead atoms. The van der Waals surface area contributed by atoms with Crippen molar-refractivity contribution in [1.82, 2.24) is 31.9 Å². The molecule has 0 unspecified atom stereocenters. The minimum absolute atomic E-state index is 0.149. The number of primary amides is 1. The number of phenolic OH excluding ortho intramolecular Hbond substituents is 3. The first-order valence-electron chi connectivity index (χ1n) is 34.5. The molecule has 33 nitrogen and oxygen atoms in total. The van der Waals surface area contributed by atoms with Crippen molar-refractivity contribution in [1.29, 1.82) is 0 Å². The van der Waals surface area contributed by atoms with E-state index in [4.69, 9.17) is 63.1 Å². The molecule has 2 saturated heterocycles. The molecule has 18 atom stereocenters. The molecule has 5 aromatic carbocycles. The summed E-state index contributed by atoms with van der Waals surface area (Å²) in [5.74, 6) is -16.1. The van der Waals surface area contributed by atoms with Crippen LogP contribution in [0.25, 0.3) is 11.1 Å². The number of benzene rings is 5. The highest BCUT2D eigenvalue weighted by Crippen LogP contribution is 2.50. The van der Waals surface area contributed by atoms with Crippen molar-refractivity contribution in [2.24, 2.45) is 22.4 Å². The Morgan fingerprint density at radius 1 is 0.729 bits per heavy atom. The van der Waals surface area contributed by atoms with Crippen molar-refractivity contribution in [3.05, 3.63) is 117 Å². The maximum atomic E-state index is 16.1. The first kappa shape index (κ1) is 80.1. The average molecular weight is 1530 g/mol. The van der Waals surface area contributed by atoms with E-state index in [0.29, 0.717) is 6.42 Å². The number of amides is 7. The number of aromatic hydroxyl groups is 3. The van der Waals surface area contributed by atoms with Crippen LogP contribution in [0, 0.1) is 5.92 Å². The Kier molecular flexibility index (Phi) is 25.3. The zero-order valence-electron chi connectivity index (χ0n) is 58.4. The molecule has 0 saturated carbocycles. The Labute approximate surface area is 621 Å². The summed E-state index contributed by atoms with van der Waals surface area (Å²) in [5.41, 5.74) is 8.07. The number of fused-ring (bicyclic) bond motifs is 15. The number of carboxylic acid groups (broad SMARTS) is 1. The van der Waals surface area contributed by atoms with Crippen LogP contribution in [-0.2, 0) is 52.6 Å².